The van der Waals surface area contributed by atoms with Gasteiger partial charge in [0.15, 0.2) is 0 Å². The average molecular weight is 101 g/mol. The molecule has 0 saturated heterocycles. The monoisotopic (exact) mass is 101 g/mol. The van der Waals surface area contributed by atoms with Crippen LogP contribution in [0.4, 0.5) is 0 Å². The van der Waals surface area contributed by atoms with E-state index in [4.69, 9.17) is 11.9 Å². The SMILES string of the molecule is [3H]C([NH-])=O.[K+].[NH2-]. The average Bonchev–Trinajstić information content (AvgIpc) is 0.811. The first-order valence-corrected chi connectivity index (χ1v) is 0.454. The summed E-state index contributed by atoms with van der Waals surface area (Å²) in [6.45, 7) is 0. The Hall–Kier alpha value is 1.07. The molecule has 0 aliphatic heterocycles. The molecule has 3 nitrogen and oxygen atoms in total. The van der Waals surface area contributed by atoms with Gasteiger partial charge in [0.2, 0.25) is 0 Å². The molecule has 0 atom stereocenters. The third-order valence-corrected chi connectivity index (χ3v) is 0. The Balaban J connectivity index is -0.0000000450. The van der Waals surface area contributed by atoms with Crippen LogP contribution in [0.15, 0.2) is 0 Å². The van der Waals surface area contributed by atoms with Gasteiger partial charge in [0.1, 0.15) is 0 Å². The van der Waals surface area contributed by atoms with Crippen molar-refractivity contribution in [3.8, 4) is 0 Å². The van der Waals surface area contributed by atoms with E-state index in [-0.39, 0.29) is 57.5 Å². The maximum atomic E-state index is 8.78. The van der Waals surface area contributed by atoms with Crippen molar-refractivity contribution >= 4 is 6.39 Å². The number of carbonyl (C=O) groups excluding carboxylic acids is 1. The van der Waals surface area contributed by atoms with Crippen LogP contribution >= 0.6 is 0 Å². The number of hydrogen-bond acceptors (Lipinski definition) is 1. The van der Waals surface area contributed by atoms with E-state index in [2.05, 4.69) is 0 Å². The molecular formula is CH4KN2O-. The van der Waals surface area contributed by atoms with E-state index in [9.17, 15) is 0 Å². The van der Waals surface area contributed by atoms with Crippen LogP contribution < -0.4 is 51.4 Å². The Morgan fingerprint density at radius 1 is 2.00 bits per heavy atom. The first-order chi connectivity index (χ1) is 1.73. The zero-order chi connectivity index (χ0) is 3.58. The van der Waals surface area contributed by atoms with Gasteiger partial charge in [0, 0.05) is 6.39 Å². The van der Waals surface area contributed by atoms with E-state index in [0.717, 1.165) is 0 Å². The Labute approximate surface area is 74.7 Å². The fourth-order valence-electron chi connectivity index (χ4n) is 0. The summed E-state index contributed by atoms with van der Waals surface area (Å²) in [5, 5.41) is 0. The topological polar surface area (TPSA) is 74.4 Å². The molecule has 0 unspecified atom stereocenters. The van der Waals surface area contributed by atoms with Crippen LogP contribution in [0.2, 0.25) is 0 Å². The minimum Gasteiger partial charge on any atom is -0.693 e. The van der Waals surface area contributed by atoms with Gasteiger partial charge in [-0.2, -0.15) is 0 Å². The van der Waals surface area contributed by atoms with Crippen molar-refractivity contribution in [1.29, 1.82) is 0 Å². The molecule has 0 bridgehead atoms. The van der Waals surface area contributed by atoms with Crippen LogP contribution in [0.1, 0.15) is 1.37 Å². The van der Waals surface area contributed by atoms with Crippen molar-refractivity contribution in [1.82, 2.24) is 0 Å². The molecule has 26 valence electrons. The fraction of sp³-hybridized carbons (Fsp3) is 0. The zero-order valence-corrected chi connectivity index (χ0v) is 6.11. The van der Waals surface area contributed by atoms with Crippen LogP contribution in [0.5, 0.6) is 0 Å². The molecule has 0 rings (SSSR count). The number of carbonyl (C=O) groups is 1. The van der Waals surface area contributed by atoms with Gasteiger partial charge in [-0.3, -0.25) is 0 Å². The summed E-state index contributed by atoms with van der Waals surface area (Å²) in [6.07, 6.45) is -1.33. The molecule has 1 amide bonds. The number of nitrogens with one attached hydrogen (secondary N) is 1. The Morgan fingerprint density at radius 2 is 2.00 bits per heavy atom. The van der Waals surface area contributed by atoms with Crippen LogP contribution in [-0.4, -0.2) is 6.39 Å². The van der Waals surface area contributed by atoms with Gasteiger partial charge in [-0.25, -0.2) is 0 Å². The van der Waals surface area contributed by atoms with Crippen LogP contribution in [0, 0.1) is 0 Å². The molecule has 5 heavy (non-hydrogen) atoms. The summed E-state index contributed by atoms with van der Waals surface area (Å²) in [5.74, 6) is 0. The number of nitrogens with two attached hydrogens (primary N) is 1. The van der Waals surface area contributed by atoms with E-state index in [1.54, 1.807) is 0 Å². The van der Waals surface area contributed by atoms with Crippen molar-refractivity contribution in [3.05, 3.63) is 11.9 Å². The smallest absolute Gasteiger partial charge is 0.693 e. The van der Waals surface area contributed by atoms with E-state index >= 15 is 0 Å². The second-order valence-corrected chi connectivity index (χ2v) is 0.102. The van der Waals surface area contributed by atoms with E-state index < -0.39 is 6.39 Å². The Kier molecular flexibility index (Phi) is 37.0. The van der Waals surface area contributed by atoms with Gasteiger partial charge in [-0.1, -0.05) is 0 Å². The number of hydrogen-bond donors (Lipinski definition) is 0. The van der Waals surface area contributed by atoms with Crippen LogP contribution in [0.3, 0.4) is 0 Å². The normalized spacial score (nSPS) is 5.20. The molecule has 0 saturated carbocycles. The van der Waals surface area contributed by atoms with E-state index in [1.165, 1.54) is 0 Å². The number of rotatable bonds is 0. The predicted molar refractivity (Wildman–Crippen MR) is 15.7 cm³/mol. The summed E-state index contributed by atoms with van der Waals surface area (Å²) in [4.78, 5) is 8.78. The van der Waals surface area contributed by atoms with E-state index in [1.807, 2.05) is 0 Å². The van der Waals surface area contributed by atoms with Crippen molar-refractivity contribution < 1.29 is 57.5 Å². The molecule has 0 radical (unpaired) electrons. The molecule has 0 spiro atoms. The summed E-state index contributed by atoms with van der Waals surface area (Å²) in [6, 6.07) is 0. The third kappa shape index (κ3) is 41.9. The fourth-order valence-corrected chi connectivity index (χ4v) is 0. The molecule has 0 aliphatic rings. The minimum absolute atomic E-state index is 0. The van der Waals surface area contributed by atoms with Crippen molar-refractivity contribution in [3.63, 3.8) is 0 Å². The molecule has 0 aromatic heterocycles. The summed E-state index contributed by atoms with van der Waals surface area (Å²) < 4.78 is 5.61. The van der Waals surface area contributed by atoms with Crippen LogP contribution in [-0.2, 0) is 4.79 Å². The Morgan fingerprint density at radius 3 is 2.00 bits per heavy atom. The second kappa shape index (κ2) is 19.6. The molecule has 0 fully saturated rings. The first-order valence-electron chi connectivity index (χ1n) is 0.954. The van der Waals surface area contributed by atoms with Crippen molar-refractivity contribution in [2.45, 2.75) is 0 Å². The quantitative estimate of drug-likeness (QED) is 0.255. The van der Waals surface area contributed by atoms with E-state index in [0.29, 0.717) is 0 Å². The summed E-state index contributed by atoms with van der Waals surface area (Å²) in [7, 11) is 0. The minimum atomic E-state index is -1.33. The molecule has 0 heterocycles. The van der Waals surface area contributed by atoms with Gasteiger partial charge >= 0.3 is 51.4 Å². The molecule has 3 N–H and O–H groups in total. The van der Waals surface area contributed by atoms with Crippen molar-refractivity contribution in [2.24, 2.45) is 0 Å². The molecule has 0 aliphatic carbocycles. The van der Waals surface area contributed by atoms with Gasteiger partial charge in [-0.15, -0.1) is 0 Å². The number of amides is 1. The summed E-state index contributed by atoms with van der Waals surface area (Å²) in [5.41, 5.74) is 5.61. The predicted octanol–water partition coefficient (Wildman–Crippen LogP) is -2.08. The van der Waals surface area contributed by atoms with Crippen LogP contribution in [0.25, 0.3) is 11.9 Å². The summed E-state index contributed by atoms with van der Waals surface area (Å²) >= 11 is 0. The standard InChI is InChI=1S/CH3NO.K.H2N/c2-1-3;;/h1H,(H2,2,3);;1H2/q;+1;-1/p-1/i1T;;. The van der Waals surface area contributed by atoms with Crippen molar-refractivity contribution in [2.75, 3.05) is 0 Å². The maximum absolute atomic E-state index is 8.78. The van der Waals surface area contributed by atoms with Gasteiger partial charge in [0.05, 0.1) is 1.37 Å². The first kappa shape index (κ1) is 9.42. The maximum Gasteiger partial charge on any atom is 1.00 e. The van der Waals surface area contributed by atoms with Gasteiger partial charge in [0.25, 0.3) is 0 Å². The second-order valence-electron chi connectivity index (χ2n) is 0.102. The molecule has 0 aromatic carbocycles. The molecular weight excluding hydrogens is 95.1 g/mol. The van der Waals surface area contributed by atoms with Gasteiger partial charge < -0.3 is 16.7 Å². The van der Waals surface area contributed by atoms with Gasteiger partial charge in [-0.05, 0) is 0 Å². The zero-order valence-electron chi connectivity index (χ0n) is 3.99. The Bertz CT molecular complexity index is 36.5. The molecule has 0 aromatic rings. The largest absolute Gasteiger partial charge is 1.00 e. The molecule has 4 heteroatoms. The third-order valence-electron chi connectivity index (χ3n) is 0.